The fourth-order valence-electron chi connectivity index (χ4n) is 2.96. The SMILES string of the molecule is CCCCOc1ccc(NC(=O)c2c(CC)nc3c(C)cc(Br)cn23)cc1. The number of hydrogen-bond acceptors (Lipinski definition) is 3. The number of nitrogens with zero attached hydrogens (tertiary/aromatic N) is 2. The highest BCUT2D eigenvalue weighted by atomic mass is 79.9. The fourth-order valence-corrected chi connectivity index (χ4v) is 3.51. The lowest BCUT2D eigenvalue weighted by atomic mass is 10.2. The number of anilines is 1. The highest BCUT2D eigenvalue weighted by molar-refractivity contribution is 9.10. The summed E-state index contributed by atoms with van der Waals surface area (Å²) in [5.74, 6) is 0.640. The van der Waals surface area contributed by atoms with E-state index in [9.17, 15) is 4.79 Å². The van der Waals surface area contributed by atoms with E-state index < -0.39 is 0 Å². The number of halogens is 1. The number of pyridine rings is 1. The lowest BCUT2D eigenvalue weighted by molar-refractivity contribution is 0.102. The zero-order valence-corrected chi connectivity index (χ0v) is 17.5. The Balaban J connectivity index is 1.84. The van der Waals surface area contributed by atoms with Crippen molar-refractivity contribution in [3.63, 3.8) is 0 Å². The van der Waals surface area contributed by atoms with Crippen LogP contribution in [-0.2, 0) is 6.42 Å². The average molecular weight is 430 g/mol. The van der Waals surface area contributed by atoms with Gasteiger partial charge < -0.3 is 10.1 Å². The van der Waals surface area contributed by atoms with E-state index in [4.69, 9.17) is 4.74 Å². The number of aryl methyl sites for hydroxylation is 2. The summed E-state index contributed by atoms with van der Waals surface area (Å²) >= 11 is 3.50. The van der Waals surface area contributed by atoms with Crippen LogP contribution in [0.15, 0.2) is 41.0 Å². The number of imidazole rings is 1. The summed E-state index contributed by atoms with van der Waals surface area (Å²) < 4.78 is 8.44. The Hall–Kier alpha value is -2.34. The van der Waals surface area contributed by atoms with Gasteiger partial charge in [0.25, 0.3) is 5.91 Å². The van der Waals surface area contributed by atoms with Crippen LogP contribution in [-0.4, -0.2) is 21.9 Å². The highest BCUT2D eigenvalue weighted by Gasteiger charge is 2.19. The lowest BCUT2D eigenvalue weighted by Gasteiger charge is -2.09. The van der Waals surface area contributed by atoms with Crippen LogP contribution >= 0.6 is 15.9 Å². The average Bonchev–Trinajstić information content (AvgIpc) is 3.02. The molecule has 0 bridgehead atoms. The van der Waals surface area contributed by atoms with E-state index in [0.717, 1.165) is 45.7 Å². The first kappa shape index (κ1) is 19.4. The number of unbranched alkanes of at least 4 members (excludes halogenated alkanes) is 1. The number of ether oxygens (including phenoxy) is 1. The predicted molar refractivity (Wildman–Crippen MR) is 112 cm³/mol. The molecular formula is C21H24BrN3O2. The summed E-state index contributed by atoms with van der Waals surface area (Å²) in [7, 11) is 0. The monoisotopic (exact) mass is 429 g/mol. The molecule has 0 aliphatic carbocycles. The van der Waals surface area contributed by atoms with Crippen molar-refractivity contribution in [2.45, 2.75) is 40.0 Å². The number of aromatic nitrogens is 2. The Morgan fingerprint density at radius 1 is 1.26 bits per heavy atom. The van der Waals surface area contributed by atoms with Crippen molar-refractivity contribution >= 4 is 33.2 Å². The first-order valence-electron chi connectivity index (χ1n) is 9.24. The summed E-state index contributed by atoms with van der Waals surface area (Å²) in [6.45, 7) is 6.84. The molecule has 0 unspecified atom stereocenters. The molecule has 2 heterocycles. The van der Waals surface area contributed by atoms with Crippen LogP contribution in [0.3, 0.4) is 0 Å². The van der Waals surface area contributed by atoms with Crippen LogP contribution in [0.5, 0.6) is 5.75 Å². The van der Waals surface area contributed by atoms with Crippen LogP contribution < -0.4 is 10.1 Å². The van der Waals surface area contributed by atoms with E-state index in [0.29, 0.717) is 18.7 Å². The molecule has 1 aromatic carbocycles. The molecule has 6 heteroatoms. The topological polar surface area (TPSA) is 55.6 Å². The summed E-state index contributed by atoms with van der Waals surface area (Å²) in [6.07, 6.45) is 4.70. The van der Waals surface area contributed by atoms with E-state index in [1.807, 2.05) is 54.8 Å². The zero-order valence-electron chi connectivity index (χ0n) is 15.9. The predicted octanol–water partition coefficient (Wildman–Crippen LogP) is 5.40. The highest BCUT2D eigenvalue weighted by Crippen LogP contribution is 2.23. The maximum absolute atomic E-state index is 13.0. The van der Waals surface area contributed by atoms with Gasteiger partial charge in [-0.2, -0.15) is 0 Å². The molecule has 1 N–H and O–H groups in total. The normalized spacial score (nSPS) is 11.0. The molecule has 0 atom stereocenters. The molecule has 5 nitrogen and oxygen atoms in total. The Morgan fingerprint density at radius 2 is 2.00 bits per heavy atom. The molecule has 27 heavy (non-hydrogen) atoms. The number of hydrogen-bond donors (Lipinski definition) is 1. The Morgan fingerprint density at radius 3 is 2.67 bits per heavy atom. The molecule has 1 amide bonds. The summed E-state index contributed by atoms with van der Waals surface area (Å²) in [5, 5.41) is 2.97. The second kappa shape index (κ2) is 8.57. The Bertz CT molecular complexity index is 948. The molecule has 0 saturated carbocycles. The number of fused-ring (bicyclic) bond motifs is 1. The van der Waals surface area contributed by atoms with Gasteiger partial charge in [-0.05, 0) is 71.6 Å². The number of amides is 1. The second-order valence-electron chi connectivity index (χ2n) is 6.48. The molecule has 3 aromatic rings. The minimum absolute atomic E-state index is 0.170. The molecule has 2 aromatic heterocycles. The van der Waals surface area contributed by atoms with Crippen molar-refractivity contribution in [3.05, 3.63) is 58.0 Å². The van der Waals surface area contributed by atoms with E-state index in [2.05, 4.69) is 33.2 Å². The van der Waals surface area contributed by atoms with Crippen molar-refractivity contribution in [3.8, 4) is 5.75 Å². The van der Waals surface area contributed by atoms with E-state index in [1.165, 1.54) is 0 Å². The number of carbonyl (C=O) groups is 1. The van der Waals surface area contributed by atoms with Gasteiger partial charge in [-0.1, -0.05) is 20.3 Å². The van der Waals surface area contributed by atoms with Gasteiger partial charge in [0.2, 0.25) is 0 Å². The largest absolute Gasteiger partial charge is 0.494 e. The van der Waals surface area contributed by atoms with Crippen LogP contribution in [0.25, 0.3) is 5.65 Å². The van der Waals surface area contributed by atoms with Crippen LogP contribution in [0.1, 0.15) is 48.4 Å². The third-order valence-electron chi connectivity index (χ3n) is 4.37. The lowest BCUT2D eigenvalue weighted by Crippen LogP contribution is -2.16. The van der Waals surface area contributed by atoms with Crippen LogP contribution in [0, 0.1) is 6.92 Å². The standard InChI is InChI=1S/C21H24BrN3O2/c1-4-6-11-27-17-9-7-16(8-10-17)23-21(26)19-18(5-2)24-20-14(3)12-15(22)13-25(19)20/h7-10,12-13H,4-6,11H2,1-3H3,(H,23,26). The van der Waals surface area contributed by atoms with Crippen molar-refractivity contribution in [1.82, 2.24) is 9.38 Å². The van der Waals surface area contributed by atoms with Crippen molar-refractivity contribution in [1.29, 1.82) is 0 Å². The second-order valence-corrected chi connectivity index (χ2v) is 7.39. The first-order chi connectivity index (χ1) is 13.0. The first-order valence-corrected chi connectivity index (χ1v) is 10.0. The van der Waals surface area contributed by atoms with Gasteiger partial charge in [0.1, 0.15) is 17.1 Å². The molecule has 0 spiro atoms. The molecule has 0 radical (unpaired) electrons. The van der Waals surface area contributed by atoms with Gasteiger partial charge in [-0.3, -0.25) is 9.20 Å². The maximum atomic E-state index is 13.0. The van der Waals surface area contributed by atoms with Crippen molar-refractivity contribution < 1.29 is 9.53 Å². The molecule has 0 aliphatic heterocycles. The fraction of sp³-hybridized carbons (Fsp3) is 0.333. The quantitative estimate of drug-likeness (QED) is 0.511. The number of benzene rings is 1. The van der Waals surface area contributed by atoms with Gasteiger partial charge in [-0.25, -0.2) is 4.98 Å². The maximum Gasteiger partial charge on any atom is 0.274 e. The summed E-state index contributed by atoms with van der Waals surface area (Å²) in [6, 6.07) is 9.47. The molecule has 142 valence electrons. The van der Waals surface area contributed by atoms with E-state index in [-0.39, 0.29) is 5.91 Å². The van der Waals surface area contributed by atoms with E-state index >= 15 is 0 Å². The van der Waals surface area contributed by atoms with Gasteiger partial charge in [0.15, 0.2) is 0 Å². The smallest absolute Gasteiger partial charge is 0.274 e. The Kier molecular flexibility index (Phi) is 6.16. The van der Waals surface area contributed by atoms with Gasteiger partial charge >= 0.3 is 0 Å². The molecule has 0 fully saturated rings. The van der Waals surface area contributed by atoms with Crippen LogP contribution in [0.4, 0.5) is 5.69 Å². The number of nitrogens with one attached hydrogen (secondary N) is 1. The van der Waals surface area contributed by atoms with Crippen LogP contribution in [0.2, 0.25) is 0 Å². The summed E-state index contributed by atoms with van der Waals surface area (Å²) in [5.41, 5.74) is 3.91. The molecule has 0 aliphatic rings. The Labute approximate surface area is 167 Å². The van der Waals surface area contributed by atoms with Crippen molar-refractivity contribution in [2.75, 3.05) is 11.9 Å². The van der Waals surface area contributed by atoms with Gasteiger partial charge in [0.05, 0.1) is 12.3 Å². The zero-order chi connectivity index (χ0) is 19.4. The third-order valence-corrected chi connectivity index (χ3v) is 4.81. The minimum atomic E-state index is -0.170. The van der Waals surface area contributed by atoms with Gasteiger partial charge in [-0.15, -0.1) is 0 Å². The number of rotatable bonds is 7. The molecule has 0 saturated heterocycles. The molecule has 3 rings (SSSR count). The number of carbonyl (C=O) groups excluding carboxylic acids is 1. The van der Waals surface area contributed by atoms with E-state index in [1.54, 1.807) is 0 Å². The van der Waals surface area contributed by atoms with Gasteiger partial charge in [0, 0.05) is 16.4 Å². The molecular weight excluding hydrogens is 406 g/mol. The third kappa shape index (κ3) is 4.33. The summed E-state index contributed by atoms with van der Waals surface area (Å²) in [4.78, 5) is 17.6. The van der Waals surface area contributed by atoms with Crippen molar-refractivity contribution in [2.24, 2.45) is 0 Å². The minimum Gasteiger partial charge on any atom is -0.494 e.